The number of benzene rings is 1. The van der Waals surface area contributed by atoms with Gasteiger partial charge in [0.15, 0.2) is 0 Å². The van der Waals surface area contributed by atoms with E-state index in [-0.39, 0.29) is 11.7 Å². The molecule has 2 N–H and O–H groups in total. The van der Waals surface area contributed by atoms with Crippen LogP contribution in [0.1, 0.15) is 11.6 Å². The second kappa shape index (κ2) is 6.26. The van der Waals surface area contributed by atoms with Crippen molar-refractivity contribution in [2.75, 3.05) is 6.54 Å². The number of hydrogen-bond acceptors (Lipinski definition) is 3. The molecule has 2 aromatic heterocycles. The van der Waals surface area contributed by atoms with E-state index >= 15 is 0 Å². The SMILES string of the molecule is O=C(C=Cc1ccco1)NCCc1nc2ccc(F)cc2[nH]1. The summed E-state index contributed by atoms with van der Waals surface area (Å²) in [5.41, 5.74) is 1.36. The number of aromatic amines is 1. The molecule has 1 amide bonds. The molecule has 0 saturated heterocycles. The van der Waals surface area contributed by atoms with E-state index in [1.807, 2.05) is 0 Å². The van der Waals surface area contributed by atoms with Crippen LogP contribution < -0.4 is 5.32 Å². The summed E-state index contributed by atoms with van der Waals surface area (Å²) in [4.78, 5) is 19.0. The van der Waals surface area contributed by atoms with Gasteiger partial charge in [-0.05, 0) is 36.4 Å². The molecule has 0 saturated carbocycles. The highest BCUT2D eigenvalue weighted by Crippen LogP contribution is 2.12. The van der Waals surface area contributed by atoms with Crippen molar-refractivity contribution in [3.8, 4) is 0 Å². The van der Waals surface area contributed by atoms with E-state index in [1.165, 1.54) is 18.2 Å². The number of fused-ring (bicyclic) bond motifs is 1. The molecule has 0 unspecified atom stereocenters. The van der Waals surface area contributed by atoms with Gasteiger partial charge in [0.2, 0.25) is 5.91 Å². The van der Waals surface area contributed by atoms with E-state index in [0.29, 0.717) is 35.6 Å². The van der Waals surface area contributed by atoms with Crippen molar-refractivity contribution in [1.82, 2.24) is 15.3 Å². The fourth-order valence-electron chi connectivity index (χ4n) is 2.06. The zero-order valence-corrected chi connectivity index (χ0v) is 11.7. The van der Waals surface area contributed by atoms with E-state index in [4.69, 9.17) is 4.42 Å². The lowest BCUT2D eigenvalue weighted by atomic mass is 10.3. The Labute approximate surface area is 125 Å². The third-order valence-corrected chi connectivity index (χ3v) is 3.10. The van der Waals surface area contributed by atoms with Gasteiger partial charge in [-0.25, -0.2) is 9.37 Å². The van der Waals surface area contributed by atoms with Crippen molar-refractivity contribution in [3.63, 3.8) is 0 Å². The topological polar surface area (TPSA) is 70.9 Å². The molecule has 22 heavy (non-hydrogen) atoms. The maximum atomic E-state index is 13.1. The van der Waals surface area contributed by atoms with Gasteiger partial charge < -0.3 is 14.7 Å². The van der Waals surface area contributed by atoms with Crippen LogP contribution in [-0.2, 0) is 11.2 Å². The standard InChI is InChI=1S/C16H14FN3O2/c17-11-3-5-13-14(10-11)20-15(19-13)7-8-18-16(21)6-4-12-2-1-9-22-12/h1-6,9-10H,7-8H2,(H,18,21)(H,19,20). The lowest BCUT2D eigenvalue weighted by Gasteiger charge is -1.99. The first-order valence-corrected chi connectivity index (χ1v) is 6.84. The summed E-state index contributed by atoms with van der Waals surface area (Å²) in [7, 11) is 0. The van der Waals surface area contributed by atoms with Crippen molar-refractivity contribution in [3.05, 3.63) is 60.1 Å². The van der Waals surface area contributed by atoms with E-state index < -0.39 is 0 Å². The number of nitrogens with zero attached hydrogens (tertiary/aromatic N) is 1. The van der Waals surface area contributed by atoms with E-state index in [1.54, 1.807) is 30.5 Å². The van der Waals surface area contributed by atoms with Gasteiger partial charge >= 0.3 is 0 Å². The van der Waals surface area contributed by atoms with Gasteiger partial charge in [-0.2, -0.15) is 0 Å². The number of aromatic nitrogens is 2. The van der Waals surface area contributed by atoms with Gasteiger partial charge in [0.25, 0.3) is 0 Å². The molecule has 0 radical (unpaired) electrons. The molecule has 5 nitrogen and oxygen atoms in total. The maximum Gasteiger partial charge on any atom is 0.244 e. The summed E-state index contributed by atoms with van der Waals surface area (Å²) in [6.07, 6.45) is 5.09. The largest absolute Gasteiger partial charge is 0.465 e. The first-order valence-electron chi connectivity index (χ1n) is 6.84. The van der Waals surface area contributed by atoms with Crippen LogP contribution in [0.25, 0.3) is 17.1 Å². The number of carbonyl (C=O) groups is 1. The number of carbonyl (C=O) groups excluding carboxylic acids is 1. The Kier molecular flexibility index (Phi) is 4.00. The Morgan fingerprint density at radius 3 is 3.14 bits per heavy atom. The van der Waals surface area contributed by atoms with Crippen LogP contribution in [0.2, 0.25) is 0 Å². The molecule has 0 aliphatic rings. The molecule has 0 aliphatic carbocycles. The molecule has 6 heteroatoms. The summed E-state index contributed by atoms with van der Waals surface area (Å²) in [5, 5.41) is 2.75. The molecular formula is C16H14FN3O2. The van der Waals surface area contributed by atoms with Crippen LogP contribution in [0, 0.1) is 5.82 Å². The molecule has 0 spiro atoms. The van der Waals surface area contributed by atoms with Crippen LogP contribution in [0.5, 0.6) is 0 Å². The Morgan fingerprint density at radius 2 is 2.32 bits per heavy atom. The van der Waals surface area contributed by atoms with Gasteiger partial charge in [0.1, 0.15) is 17.4 Å². The molecule has 112 valence electrons. The normalized spacial score (nSPS) is 11.3. The molecule has 3 aromatic rings. The van der Waals surface area contributed by atoms with Crippen molar-refractivity contribution < 1.29 is 13.6 Å². The molecule has 0 aliphatic heterocycles. The van der Waals surface area contributed by atoms with Crippen LogP contribution in [-0.4, -0.2) is 22.4 Å². The maximum absolute atomic E-state index is 13.1. The van der Waals surface area contributed by atoms with Crippen LogP contribution >= 0.6 is 0 Å². The average Bonchev–Trinajstić information content (AvgIpc) is 3.13. The lowest BCUT2D eigenvalue weighted by molar-refractivity contribution is -0.116. The molecular weight excluding hydrogens is 285 g/mol. The Morgan fingerprint density at radius 1 is 1.41 bits per heavy atom. The molecule has 3 rings (SSSR count). The predicted octanol–water partition coefficient (Wildman–Crippen LogP) is 2.67. The van der Waals surface area contributed by atoms with Crippen LogP contribution in [0.3, 0.4) is 0 Å². The zero-order chi connectivity index (χ0) is 15.4. The smallest absolute Gasteiger partial charge is 0.244 e. The number of furan rings is 1. The Balaban J connectivity index is 1.52. The minimum absolute atomic E-state index is 0.210. The van der Waals surface area contributed by atoms with Gasteiger partial charge in [0.05, 0.1) is 17.3 Å². The molecule has 0 bridgehead atoms. The van der Waals surface area contributed by atoms with Gasteiger partial charge in [-0.1, -0.05) is 0 Å². The number of hydrogen-bond donors (Lipinski definition) is 2. The highest BCUT2D eigenvalue weighted by molar-refractivity contribution is 5.91. The predicted molar refractivity (Wildman–Crippen MR) is 80.5 cm³/mol. The number of rotatable bonds is 5. The minimum atomic E-state index is -0.306. The molecule has 1 aromatic carbocycles. The zero-order valence-electron chi connectivity index (χ0n) is 11.7. The van der Waals surface area contributed by atoms with E-state index in [9.17, 15) is 9.18 Å². The van der Waals surface area contributed by atoms with E-state index in [2.05, 4.69) is 15.3 Å². The number of imidazole rings is 1. The lowest BCUT2D eigenvalue weighted by Crippen LogP contribution is -2.23. The fraction of sp³-hybridized carbons (Fsp3) is 0.125. The number of halogens is 1. The quantitative estimate of drug-likeness (QED) is 0.712. The second-order valence-corrected chi connectivity index (χ2v) is 4.73. The highest BCUT2D eigenvalue weighted by Gasteiger charge is 2.04. The molecule has 0 atom stereocenters. The second-order valence-electron chi connectivity index (χ2n) is 4.73. The average molecular weight is 299 g/mol. The molecule has 2 heterocycles. The first kappa shape index (κ1) is 14.1. The molecule has 0 fully saturated rings. The van der Waals surface area contributed by atoms with Crippen LogP contribution in [0.15, 0.2) is 47.1 Å². The number of H-pyrrole nitrogens is 1. The van der Waals surface area contributed by atoms with Crippen molar-refractivity contribution in [2.45, 2.75) is 6.42 Å². The van der Waals surface area contributed by atoms with Crippen molar-refractivity contribution >= 4 is 23.0 Å². The van der Waals surface area contributed by atoms with Crippen molar-refractivity contribution in [2.24, 2.45) is 0 Å². The monoisotopic (exact) mass is 299 g/mol. The van der Waals surface area contributed by atoms with Gasteiger partial charge in [-0.3, -0.25) is 4.79 Å². The van der Waals surface area contributed by atoms with E-state index in [0.717, 1.165) is 0 Å². The first-order chi connectivity index (χ1) is 10.7. The van der Waals surface area contributed by atoms with Crippen LogP contribution in [0.4, 0.5) is 4.39 Å². The summed E-state index contributed by atoms with van der Waals surface area (Å²) in [5.74, 6) is 0.808. The fourth-order valence-corrected chi connectivity index (χ4v) is 2.06. The summed E-state index contributed by atoms with van der Waals surface area (Å²) >= 11 is 0. The summed E-state index contributed by atoms with van der Waals surface area (Å²) in [6.45, 7) is 0.434. The van der Waals surface area contributed by atoms with Gasteiger partial charge in [0, 0.05) is 19.0 Å². The summed E-state index contributed by atoms with van der Waals surface area (Å²) < 4.78 is 18.2. The third-order valence-electron chi connectivity index (χ3n) is 3.10. The number of nitrogens with one attached hydrogen (secondary N) is 2. The third kappa shape index (κ3) is 3.41. The summed E-state index contributed by atoms with van der Waals surface area (Å²) in [6, 6.07) is 7.90. The van der Waals surface area contributed by atoms with Crippen molar-refractivity contribution in [1.29, 1.82) is 0 Å². The highest BCUT2D eigenvalue weighted by atomic mass is 19.1. The minimum Gasteiger partial charge on any atom is -0.465 e. The Bertz CT molecular complexity index is 806. The van der Waals surface area contributed by atoms with Gasteiger partial charge in [-0.15, -0.1) is 0 Å². The Hall–Kier alpha value is -2.89. The number of amides is 1.